The molecule has 5 heterocycles. The van der Waals surface area contributed by atoms with Crippen molar-refractivity contribution >= 4 is 33.3 Å². The van der Waals surface area contributed by atoms with Gasteiger partial charge in [-0.2, -0.15) is 18.2 Å². The highest BCUT2D eigenvalue weighted by molar-refractivity contribution is 7.18. The van der Waals surface area contributed by atoms with Crippen LogP contribution in [-0.2, 0) is 25.7 Å². The van der Waals surface area contributed by atoms with E-state index in [0.717, 1.165) is 61.5 Å². The number of anilines is 2. The van der Waals surface area contributed by atoms with E-state index >= 15 is 0 Å². The maximum absolute atomic E-state index is 13.3. The van der Waals surface area contributed by atoms with Gasteiger partial charge in [-0.3, -0.25) is 0 Å². The van der Waals surface area contributed by atoms with E-state index in [2.05, 4.69) is 40.0 Å². The molecular formula is C21H27F3N8S. The first-order chi connectivity index (χ1) is 15.8. The quantitative estimate of drug-likeness (QED) is 0.554. The minimum absolute atomic E-state index is 0.166. The summed E-state index contributed by atoms with van der Waals surface area (Å²) < 4.78 is 41.0. The maximum atomic E-state index is 13.3. The van der Waals surface area contributed by atoms with E-state index in [0.29, 0.717) is 18.3 Å². The van der Waals surface area contributed by atoms with E-state index < -0.39 is 12.0 Å². The van der Waals surface area contributed by atoms with Crippen LogP contribution in [0.1, 0.15) is 36.3 Å². The van der Waals surface area contributed by atoms with Gasteiger partial charge < -0.3 is 19.3 Å². The molecular weight excluding hydrogens is 453 g/mol. The number of unbranched alkanes of at least 4 members (excludes halogenated alkanes) is 1. The van der Waals surface area contributed by atoms with E-state index in [-0.39, 0.29) is 13.1 Å². The maximum Gasteiger partial charge on any atom is 0.451 e. The van der Waals surface area contributed by atoms with Crippen LogP contribution in [0.2, 0.25) is 0 Å². The molecule has 0 bridgehead atoms. The van der Waals surface area contributed by atoms with Crippen molar-refractivity contribution in [2.24, 2.45) is 0 Å². The number of aromatic nitrogens is 5. The number of hydrogen-bond acceptors (Lipinski definition) is 8. The Hall–Kier alpha value is -2.47. The van der Waals surface area contributed by atoms with Gasteiger partial charge in [0.05, 0.1) is 11.9 Å². The van der Waals surface area contributed by atoms with Crippen LogP contribution in [0.3, 0.4) is 0 Å². The third kappa shape index (κ3) is 4.37. The van der Waals surface area contributed by atoms with Crippen molar-refractivity contribution in [3.8, 4) is 0 Å². The van der Waals surface area contributed by atoms with Crippen LogP contribution in [0.25, 0.3) is 10.2 Å². The molecule has 2 aliphatic heterocycles. The van der Waals surface area contributed by atoms with E-state index in [1.54, 1.807) is 11.3 Å². The highest BCUT2D eigenvalue weighted by atomic mass is 32.1. The number of fused-ring (bicyclic) bond motifs is 2. The van der Waals surface area contributed by atoms with Gasteiger partial charge in [0.25, 0.3) is 0 Å². The number of thiophene rings is 1. The molecule has 0 unspecified atom stereocenters. The Labute approximate surface area is 194 Å². The minimum atomic E-state index is -4.51. The van der Waals surface area contributed by atoms with Crippen LogP contribution >= 0.6 is 11.3 Å². The highest BCUT2D eigenvalue weighted by Gasteiger charge is 2.39. The van der Waals surface area contributed by atoms with Crippen molar-refractivity contribution in [1.29, 1.82) is 0 Å². The second kappa shape index (κ2) is 8.71. The van der Waals surface area contributed by atoms with Gasteiger partial charge in [0, 0.05) is 44.1 Å². The summed E-state index contributed by atoms with van der Waals surface area (Å²) in [5.74, 6) is 0.844. The Morgan fingerprint density at radius 1 is 1.00 bits per heavy atom. The van der Waals surface area contributed by atoms with Crippen molar-refractivity contribution in [3.05, 3.63) is 22.6 Å². The van der Waals surface area contributed by atoms with Gasteiger partial charge >= 0.3 is 6.18 Å². The van der Waals surface area contributed by atoms with Crippen LogP contribution in [0, 0.1) is 0 Å². The first-order valence-electron chi connectivity index (χ1n) is 11.3. The van der Waals surface area contributed by atoms with E-state index in [1.165, 1.54) is 9.44 Å². The first kappa shape index (κ1) is 22.3. The van der Waals surface area contributed by atoms with Gasteiger partial charge in [-0.25, -0.2) is 4.98 Å². The van der Waals surface area contributed by atoms with Crippen LogP contribution in [0.4, 0.5) is 24.9 Å². The van der Waals surface area contributed by atoms with Crippen molar-refractivity contribution in [2.75, 3.05) is 49.6 Å². The molecule has 33 heavy (non-hydrogen) atoms. The summed E-state index contributed by atoms with van der Waals surface area (Å²) in [6.45, 7) is 6.55. The molecule has 3 aromatic heterocycles. The lowest BCUT2D eigenvalue weighted by molar-refractivity contribution is -0.147. The summed E-state index contributed by atoms with van der Waals surface area (Å²) in [4.78, 5) is 18.5. The zero-order valence-electron chi connectivity index (χ0n) is 18.8. The second-order valence-corrected chi connectivity index (χ2v) is 9.80. The van der Waals surface area contributed by atoms with Gasteiger partial charge in [0.1, 0.15) is 10.6 Å². The Bertz CT molecular complexity index is 1130. The van der Waals surface area contributed by atoms with Gasteiger partial charge in [-0.05, 0) is 26.0 Å². The number of halogens is 3. The van der Waals surface area contributed by atoms with E-state index in [1.807, 2.05) is 4.90 Å². The fourth-order valence-corrected chi connectivity index (χ4v) is 5.42. The molecule has 0 atom stereocenters. The van der Waals surface area contributed by atoms with Crippen molar-refractivity contribution < 1.29 is 13.2 Å². The lowest BCUT2D eigenvalue weighted by Gasteiger charge is -2.34. The number of piperazine rings is 1. The lowest BCUT2D eigenvalue weighted by Crippen LogP contribution is -2.45. The Morgan fingerprint density at radius 2 is 1.76 bits per heavy atom. The average molecular weight is 481 g/mol. The third-order valence-corrected chi connectivity index (χ3v) is 7.37. The fraction of sp³-hybridized carbons (Fsp3) is 0.619. The molecule has 5 rings (SSSR count). The monoisotopic (exact) mass is 480 g/mol. The topological polar surface area (TPSA) is 66.2 Å². The Kier molecular flexibility index (Phi) is 5.89. The Morgan fingerprint density at radius 3 is 2.48 bits per heavy atom. The summed E-state index contributed by atoms with van der Waals surface area (Å²) in [7, 11) is 2.10. The van der Waals surface area contributed by atoms with E-state index in [4.69, 9.17) is 9.97 Å². The summed E-state index contributed by atoms with van der Waals surface area (Å²) in [5, 5.41) is 8.22. The predicted octanol–water partition coefficient (Wildman–Crippen LogP) is 3.42. The van der Waals surface area contributed by atoms with Gasteiger partial charge in [0.15, 0.2) is 5.82 Å². The SMILES string of the molecule is CCCCc1cc2c(N3CCn4c(nnc4C(F)(F)F)C3)nc(N3CCN(C)CC3)nc2s1. The van der Waals surface area contributed by atoms with Crippen LogP contribution in [0.5, 0.6) is 0 Å². The normalized spacial score (nSPS) is 17.7. The van der Waals surface area contributed by atoms with Gasteiger partial charge in [0.2, 0.25) is 11.8 Å². The zero-order chi connectivity index (χ0) is 23.2. The average Bonchev–Trinajstić information content (AvgIpc) is 3.40. The van der Waals surface area contributed by atoms with Crippen molar-refractivity contribution in [2.45, 2.75) is 45.5 Å². The molecule has 1 fully saturated rings. The summed E-state index contributed by atoms with van der Waals surface area (Å²) in [6, 6.07) is 2.15. The predicted molar refractivity (Wildman–Crippen MR) is 122 cm³/mol. The van der Waals surface area contributed by atoms with E-state index in [9.17, 15) is 13.2 Å². The summed E-state index contributed by atoms with van der Waals surface area (Å²) in [5.41, 5.74) is 0. The molecule has 0 saturated carbocycles. The number of nitrogens with zero attached hydrogens (tertiary/aromatic N) is 8. The molecule has 0 amide bonds. The van der Waals surface area contributed by atoms with Crippen molar-refractivity contribution in [3.63, 3.8) is 0 Å². The molecule has 0 aromatic carbocycles. The van der Waals surface area contributed by atoms with Crippen LogP contribution in [0.15, 0.2) is 6.07 Å². The first-order valence-corrected chi connectivity index (χ1v) is 12.1. The molecule has 12 heteroatoms. The summed E-state index contributed by atoms with van der Waals surface area (Å²) in [6.07, 6.45) is -1.30. The van der Waals surface area contributed by atoms with Gasteiger partial charge in [-0.15, -0.1) is 21.5 Å². The molecule has 8 nitrogen and oxygen atoms in total. The number of alkyl halides is 3. The molecule has 0 spiro atoms. The molecule has 2 aliphatic rings. The fourth-order valence-electron chi connectivity index (χ4n) is 4.36. The molecule has 1 saturated heterocycles. The molecule has 0 aliphatic carbocycles. The Balaban J connectivity index is 1.51. The molecule has 0 radical (unpaired) electrons. The largest absolute Gasteiger partial charge is 0.451 e. The van der Waals surface area contributed by atoms with Crippen molar-refractivity contribution in [1.82, 2.24) is 29.6 Å². The van der Waals surface area contributed by atoms with Crippen LogP contribution < -0.4 is 9.80 Å². The smallest absolute Gasteiger partial charge is 0.347 e. The molecule has 0 N–H and O–H groups in total. The summed E-state index contributed by atoms with van der Waals surface area (Å²) >= 11 is 1.69. The number of aryl methyl sites for hydroxylation is 1. The van der Waals surface area contributed by atoms with Gasteiger partial charge in [-0.1, -0.05) is 13.3 Å². The highest BCUT2D eigenvalue weighted by Crippen LogP contribution is 2.36. The number of likely N-dealkylation sites (N-methyl/N-ethyl adjacent to an activating group) is 1. The van der Waals surface area contributed by atoms with Crippen LogP contribution in [-0.4, -0.2) is 69.4 Å². The minimum Gasteiger partial charge on any atom is -0.347 e. The zero-order valence-corrected chi connectivity index (χ0v) is 19.6. The standard InChI is InChI=1S/C21H27F3N8S/c1-3-4-5-14-12-15-17(25-20(26-18(15)33-14)30-8-6-29(2)7-9-30)31-10-11-32-16(13-31)27-28-19(32)21(22,23)24/h12H,3-11,13H2,1-2H3. The molecule has 3 aromatic rings. The third-order valence-electron chi connectivity index (χ3n) is 6.28. The lowest BCUT2D eigenvalue weighted by atomic mass is 10.2. The number of rotatable bonds is 5. The second-order valence-electron chi connectivity index (χ2n) is 8.68. The molecule has 178 valence electrons. The number of hydrogen-bond donors (Lipinski definition) is 0.